The molecule has 1 heterocycles. The van der Waals surface area contributed by atoms with Crippen LogP contribution in [0.4, 0.5) is 8.78 Å². The van der Waals surface area contributed by atoms with Gasteiger partial charge in [-0.2, -0.15) is 0 Å². The third kappa shape index (κ3) is 4.12. The van der Waals surface area contributed by atoms with Crippen molar-refractivity contribution in [3.8, 4) is 11.8 Å². The molecule has 1 aromatic carbocycles. The molecule has 0 atom stereocenters. The van der Waals surface area contributed by atoms with Gasteiger partial charge in [0.15, 0.2) is 0 Å². The van der Waals surface area contributed by atoms with Gasteiger partial charge in [-0.15, -0.1) is 11.3 Å². The van der Waals surface area contributed by atoms with Crippen molar-refractivity contribution in [3.05, 3.63) is 57.3 Å². The highest BCUT2D eigenvalue weighted by Crippen LogP contribution is 2.14. The molecule has 0 fully saturated rings. The maximum Gasteiger partial charge on any atom is 0.254 e. The van der Waals surface area contributed by atoms with Gasteiger partial charge in [0.2, 0.25) is 0 Å². The predicted octanol–water partition coefficient (Wildman–Crippen LogP) is 2.30. The molecule has 0 radical (unpaired) electrons. The van der Waals surface area contributed by atoms with E-state index < -0.39 is 17.5 Å². The summed E-state index contributed by atoms with van der Waals surface area (Å²) in [6, 6.07) is 4.58. The summed E-state index contributed by atoms with van der Waals surface area (Å²) < 4.78 is 26.2. The Hall–Kier alpha value is -2.23. The zero-order valence-electron chi connectivity index (χ0n) is 10.8. The monoisotopic (exact) mass is 307 g/mol. The van der Waals surface area contributed by atoms with Crippen LogP contribution in [-0.2, 0) is 6.54 Å². The van der Waals surface area contributed by atoms with Crippen LogP contribution in [0.1, 0.15) is 20.8 Å². The predicted molar refractivity (Wildman–Crippen MR) is 75.8 cm³/mol. The van der Waals surface area contributed by atoms with E-state index in [1.807, 2.05) is 0 Å². The molecule has 1 aromatic heterocycles. The standard InChI is InChI=1S/C15H11F2NO2S/c16-11-3-4-13(14(17)7-11)15(20)18-8-12-6-10(9-21-12)2-1-5-19/h3-4,6-7,9,19H,5,8H2,(H,18,20). The number of halogens is 2. The fourth-order valence-corrected chi connectivity index (χ4v) is 2.37. The number of thiophene rings is 1. The lowest BCUT2D eigenvalue weighted by Crippen LogP contribution is -2.23. The van der Waals surface area contributed by atoms with Crippen molar-refractivity contribution < 1.29 is 18.7 Å². The van der Waals surface area contributed by atoms with E-state index in [0.717, 1.165) is 22.6 Å². The van der Waals surface area contributed by atoms with Gasteiger partial charge in [-0.3, -0.25) is 4.79 Å². The van der Waals surface area contributed by atoms with E-state index in [-0.39, 0.29) is 18.7 Å². The number of aliphatic hydroxyl groups excluding tert-OH is 1. The second-order valence-electron chi connectivity index (χ2n) is 4.07. The molecule has 0 spiro atoms. The first-order valence-electron chi connectivity index (χ1n) is 6.00. The summed E-state index contributed by atoms with van der Waals surface area (Å²) in [4.78, 5) is 12.6. The SMILES string of the molecule is O=C(NCc1cc(C#CCO)cs1)c1ccc(F)cc1F. The summed E-state index contributed by atoms with van der Waals surface area (Å²) in [7, 11) is 0. The van der Waals surface area contributed by atoms with Gasteiger partial charge in [-0.25, -0.2) is 8.78 Å². The summed E-state index contributed by atoms with van der Waals surface area (Å²) in [5.41, 5.74) is 0.541. The van der Waals surface area contributed by atoms with Crippen LogP contribution in [0.25, 0.3) is 0 Å². The quantitative estimate of drug-likeness (QED) is 0.855. The number of aliphatic hydroxyl groups is 1. The Morgan fingerprint density at radius 2 is 2.14 bits per heavy atom. The Bertz CT molecular complexity index is 716. The number of nitrogens with one attached hydrogen (secondary N) is 1. The number of carbonyl (C=O) groups excluding carboxylic acids is 1. The first kappa shape index (κ1) is 15.2. The maximum absolute atomic E-state index is 13.4. The Morgan fingerprint density at radius 3 is 2.86 bits per heavy atom. The van der Waals surface area contributed by atoms with Crippen LogP contribution < -0.4 is 5.32 Å². The van der Waals surface area contributed by atoms with Crippen LogP contribution in [0.2, 0.25) is 0 Å². The topological polar surface area (TPSA) is 49.3 Å². The molecule has 6 heteroatoms. The molecule has 0 aliphatic rings. The van der Waals surface area contributed by atoms with Gasteiger partial charge in [-0.1, -0.05) is 11.8 Å². The summed E-state index contributed by atoms with van der Waals surface area (Å²) in [6.45, 7) is 0.00683. The summed E-state index contributed by atoms with van der Waals surface area (Å²) in [5, 5.41) is 12.9. The minimum Gasteiger partial charge on any atom is -0.384 e. The number of carbonyl (C=O) groups is 1. The van der Waals surface area contributed by atoms with E-state index in [0.29, 0.717) is 6.07 Å². The van der Waals surface area contributed by atoms with Gasteiger partial charge in [0.25, 0.3) is 5.91 Å². The van der Waals surface area contributed by atoms with Gasteiger partial charge in [-0.05, 0) is 18.2 Å². The minimum atomic E-state index is -0.895. The first-order valence-corrected chi connectivity index (χ1v) is 6.88. The molecule has 2 N–H and O–H groups in total. The molecular weight excluding hydrogens is 296 g/mol. The van der Waals surface area contributed by atoms with Crippen LogP contribution in [0.5, 0.6) is 0 Å². The Kier molecular flexibility index (Phi) is 5.04. The van der Waals surface area contributed by atoms with Crippen molar-refractivity contribution in [3.63, 3.8) is 0 Å². The zero-order chi connectivity index (χ0) is 15.2. The highest BCUT2D eigenvalue weighted by molar-refractivity contribution is 7.10. The molecule has 1 amide bonds. The Labute approximate surface area is 124 Å². The fraction of sp³-hybridized carbons (Fsp3) is 0.133. The van der Waals surface area contributed by atoms with Gasteiger partial charge < -0.3 is 10.4 Å². The van der Waals surface area contributed by atoms with Gasteiger partial charge in [0.1, 0.15) is 18.2 Å². The van der Waals surface area contributed by atoms with E-state index in [1.165, 1.54) is 11.3 Å². The van der Waals surface area contributed by atoms with Crippen molar-refractivity contribution in [2.24, 2.45) is 0 Å². The second kappa shape index (κ2) is 6.97. The third-order valence-corrected chi connectivity index (χ3v) is 3.50. The molecule has 0 saturated heterocycles. The van der Waals surface area contributed by atoms with Gasteiger partial charge in [0.05, 0.1) is 12.1 Å². The number of hydrogen-bond donors (Lipinski definition) is 2. The van der Waals surface area contributed by atoms with Crippen molar-refractivity contribution in [2.45, 2.75) is 6.54 Å². The zero-order valence-corrected chi connectivity index (χ0v) is 11.6. The van der Waals surface area contributed by atoms with Gasteiger partial charge >= 0.3 is 0 Å². The van der Waals surface area contributed by atoms with Crippen molar-refractivity contribution in [1.29, 1.82) is 0 Å². The number of benzene rings is 1. The first-order chi connectivity index (χ1) is 10.1. The average Bonchev–Trinajstić information content (AvgIpc) is 2.90. The summed E-state index contributed by atoms with van der Waals surface area (Å²) in [6.07, 6.45) is 0. The molecule has 21 heavy (non-hydrogen) atoms. The van der Waals surface area contributed by atoms with E-state index in [4.69, 9.17) is 5.11 Å². The maximum atomic E-state index is 13.4. The van der Waals surface area contributed by atoms with E-state index >= 15 is 0 Å². The lowest BCUT2D eigenvalue weighted by Gasteiger charge is -2.04. The van der Waals surface area contributed by atoms with Crippen LogP contribution >= 0.6 is 11.3 Å². The van der Waals surface area contributed by atoms with Gasteiger partial charge in [0, 0.05) is 21.9 Å². The highest BCUT2D eigenvalue weighted by Gasteiger charge is 2.12. The molecular formula is C15H11F2NO2S. The molecule has 2 aromatic rings. The lowest BCUT2D eigenvalue weighted by molar-refractivity contribution is 0.0947. The van der Waals surface area contributed by atoms with E-state index in [1.54, 1.807) is 11.4 Å². The highest BCUT2D eigenvalue weighted by atomic mass is 32.1. The van der Waals surface area contributed by atoms with E-state index in [9.17, 15) is 13.6 Å². The molecule has 2 rings (SSSR count). The molecule has 0 bridgehead atoms. The van der Waals surface area contributed by atoms with Crippen molar-refractivity contribution in [1.82, 2.24) is 5.32 Å². The van der Waals surface area contributed by atoms with Crippen LogP contribution in [0.3, 0.4) is 0 Å². The number of hydrogen-bond acceptors (Lipinski definition) is 3. The second-order valence-corrected chi connectivity index (χ2v) is 5.06. The molecule has 0 aliphatic carbocycles. The van der Waals surface area contributed by atoms with Crippen molar-refractivity contribution >= 4 is 17.2 Å². The summed E-state index contributed by atoms with van der Waals surface area (Å²) >= 11 is 1.39. The van der Waals surface area contributed by atoms with Crippen LogP contribution in [0.15, 0.2) is 29.6 Å². The molecule has 3 nitrogen and oxygen atoms in total. The van der Waals surface area contributed by atoms with Crippen LogP contribution in [-0.4, -0.2) is 17.6 Å². The lowest BCUT2D eigenvalue weighted by atomic mass is 10.2. The average molecular weight is 307 g/mol. The molecule has 108 valence electrons. The minimum absolute atomic E-state index is 0.201. The summed E-state index contributed by atoms with van der Waals surface area (Å²) in [5.74, 6) is 3.04. The smallest absolute Gasteiger partial charge is 0.254 e. The van der Waals surface area contributed by atoms with Crippen molar-refractivity contribution in [2.75, 3.05) is 6.61 Å². The fourth-order valence-electron chi connectivity index (χ4n) is 1.62. The molecule has 0 saturated carbocycles. The number of rotatable bonds is 3. The Balaban J connectivity index is 1.99. The van der Waals surface area contributed by atoms with Crippen LogP contribution in [0, 0.1) is 23.5 Å². The molecule has 0 unspecified atom stereocenters. The normalized spacial score (nSPS) is 9.86. The van der Waals surface area contributed by atoms with E-state index in [2.05, 4.69) is 17.2 Å². The molecule has 0 aliphatic heterocycles. The third-order valence-electron chi connectivity index (χ3n) is 2.56. The number of amides is 1. The Morgan fingerprint density at radius 1 is 1.33 bits per heavy atom. The largest absolute Gasteiger partial charge is 0.384 e.